The Balaban J connectivity index is 1.45. The Kier molecular flexibility index (Phi) is 6.43. The van der Waals surface area contributed by atoms with Crippen LogP contribution in [0.3, 0.4) is 0 Å². The fraction of sp³-hybridized carbons (Fsp3) is 0.333. The third-order valence-corrected chi connectivity index (χ3v) is 4.78. The average Bonchev–Trinajstić information content (AvgIpc) is 3.42. The number of hydrogen-bond donors (Lipinski definition) is 2. The lowest BCUT2D eigenvalue weighted by Gasteiger charge is -2.13. The first-order valence-electron chi connectivity index (χ1n) is 9.46. The van der Waals surface area contributed by atoms with Crippen LogP contribution >= 0.6 is 0 Å². The predicted octanol–water partition coefficient (Wildman–Crippen LogP) is 1.72. The summed E-state index contributed by atoms with van der Waals surface area (Å²) >= 11 is 0. The van der Waals surface area contributed by atoms with E-state index in [2.05, 4.69) is 10.3 Å². The van der Waals surface area contributed by atoms with Gasteiger partial charge in [-0.25, -0.2) is 0 Å². The number of nitrogens with one attached hydrogen (secondary N) is 2. The third-order valence-electron chi connectivity index (χ3n) is 4.78. The number of benzene rings is 1. The van der Waals surface area contributed by atoms with Crippen molar-refractivity contribution in [2.75, 3.05) is 26.2 Å². The van der Waals surface area contributed by atoms with E-state index < -0.39 is 18.4 Å². The molecule has 2 aromatic rings. The molecule has 2 N–H and O–H groups in total. The van der Waals surface area contributed by atoms with Gasteiger partial charge in [0.2, 0.25) is 5.78 Å². The number of amides is 2. The van der Waals surface area contributed by atoms with Gasteiger partial charge in [0, 0.05) is 30.4 Å². The molecule has 1 fully saturated rings. The van der Waals surface area contributed by atoms with Crippen LogP contribution < -0.4 is 5.32 Å². The molecule has 0 spiro atoms. The number of ether oxygens (including phenoxy) is 1. The molecule has 152 valence electrons. The van der Waals surface area contributed by atoms with Gasteiger partial charge < -0.3 is 19.9 Å². The van der Waals surface area contributed by atoms with E-state index in [4.69, 9.17) is 4.74 Å². The van der Waals surface area contributed by atoms with Crippen LogP contribution in [0.5, 0.6) is 0 Å². The van der Waals surface area contributed by atoms with Crippen LogP contribution in [0.15, 0.2) is 36.5 Å². The number of carbonyl (C=O) groups is 4. The summed E-state index contributed by atoms with van der Waals surface area (Å²) in [5.74, 6) is -1.68. The number of hydrogen-bond acceptors (Lipinski definition) is 5. The zero-order chi connectivity index (χ0) is 20.8. The maximum Gasteiger partial charge on any atom is 0.325 e. The molecule has 2 heterocycles. The molecule has 29 heavy (non-hydrogen) atoms. The number of likely N-dealkylation sites (tertiary alicyclic amines) is 1. The zero-order valence-corrected chi connectivity index (χ0v) is 16.2. The summed E-state index contributed by atoms with van der Waals surface area (Å²) in [5.41, 5.74) is 1.87. The summed E-state index contributed by atoms with van der Waals surface area (Å²) in [6, 6.07) is 8.48. The van der Waals surface area contributed by atoms with Gasteiger partial charge in [-0.3, -0.25) is 19.2 Å². The number of ketones is 1. The minimum Gasteiger partial charge on any atom is -0.456 e. The number of nitrogens with zero attached hydrogens (tertiary/aromatic N) is 1. The maximum atomic E-state index is 12.3. The summed E-state index contributed by atoms with van der Waals surface area (Å²) < 4.78 is 4.93. The standard InChI is InChI=1S/C21H23N3O5/c1-14-6-2-3-7-16(14)20(27)23-12-19(26)29-13-18(25)15-10-17(22-11-15)21(28)24-8-4-5-9-24/h2-3,6-7,10-11,22H,4-5,8-9,12-13H2,1H3,(H,23,27). The van der Waals surface area contributed by atoms with E-state index in [-0.39, 0.29) is 23.9 Å². The predicted molar refractivity (Wildman–Crippen MR) is 105 cm³/mol. The molecular formula is C21H23N3O5. The SMILES string of the molecule is Cc1ccccc1C(=O)NCC(=O)OCC(=O)c1c[nH]c(C(=O)N2CCCC2)c1. The van der Waals surface area contributed by atoms with Crippen LogP contribution in [-0.2, 0) is 9.53 Å². The fourth-order valence-electron chi connectivity index (χ4n) is 3.13. The van der Waals surface area contributed by atoms with Crippen LogP contribution in [0.2, 0.25) is 0 Å². The van der Waals surface area contributed by atoms with Crippen molar-refractivity contribution in [3.63, 3.8) is 0 Å². The van der Waals surface area contributed by atoms with E-state index in [0.717, 1.165) is 18.4 Å². The molecule has 3 rings (SSSR count). The number of carbonyl (C=O) groups excluding carboxylic acids is 4. The van der Waals surface area contributed by atoms with Crippen LogP contribution in [0.1, 0.15) is 49.6 Å². The highest BCUT2D eigenvalue weighted by Crippen LogP contribution is 2.13. The molecule has 8 heteroatoms. The molecule has 8 nitrogen and oxygen atoms in total. The lowest BCUT2D eigenvalue weighted by molar-refractivity contribution is -0.141. The van der Waals surface area contributed by atoms with E-state index in [1.165, 1.54) is 12.3 Å². The first-order chi connectivity index (χ1) is 14.0. The van der Waals surface area contributed by atoms with Crippen molar-refractivity contribution in [1.29, 1.82) is 0 Å². The van der Waals surface area contributed by atoms with E-state index in [9.17, 15) is 19.2 Å². The van der Waals surface area contributed by atoms with Crippen molar-refractivity contribution in [1.82, 2.24) is 15.2 Å². The molecule has 1 aliphatic rings. The van der Waals surface area contributed by atoms with E-state index >= 15 is 0 Å². The van der Waals surface area contributed by atoms with Crippen molar-refractivity contribution in [3.05, 3.63) is 58.9 Å². The maximum absolute atomic E-state index is 12.3. The Labute approximate surface area is 168 Å². The first kappa shape index (κ1) is 20.3. The van der Waals surface area contributed by atoms with Crippen LogP contribution in [0.25, 0.3) is 0 Å². The Morgan fingerprint density at radius 3 is 2.59 bits per heavy atom. The Morgan fingerprint density at radius 1 is 1.14 bits per heavy atom. The van der Waals surface area contributed by atoms with Gasteiger partial charge in [-0.15, -0.1) is 0 Å². The van der Waals surface area contributed by atoms with Crippen LogP contribution in [-0.4, -0.2) is 59.7 Å². The van der Waals surface area contributed by atoms with Crippen molar-refractivity contribution >= 4 is 23.6 Å². The quantitative estimate of drug-likeness (QED) is 0.546. The third kappa shape index (κ3) is 5.10. The average molecular weight is 397 g/mol. The number of aromatic nitrogens is 1. The Bertz CT molecular complexity index is 928. The molecule has 2 amide bonds. The summed E-state index contributed by atoms with van der Waals surface area (Å²) in [5, 5.41) is 2.47. The molecule has 0 saturated carbocycles. The van der Waals surface area contributed by atoms with Gasteiger partial charge in [-0.2, -0.15) is 0 Å². The normalized spacial score (nSPS) is 13.2. The second-order valence-electron chi connectivity index (χ2n) is 6.88. The summed E-state index contributed by atoms with van der Waals surface area (Å²) in [4.78, 5) is 52.9. The van der Waals surface area contributed by atoms with E-state index in [0.29, 0.717) is 24.3 Å². The van der Waals surface area contributed by atoms with Crippen molar-refractivity contribution in [3.8, 4) is 0 Å². The van der Waals surface area contributed by atoms with Crippen molar-refractivity contribution in [2.24, 2.45) is 0 Å². The van der Waals surface area contributed by atoms with Crippen LogP contribution in [0, 0.1) is 6.92 Å². The van der Waals surface area contributed by atoms with Gasteiger partial charge in [0.1, 0.15) is 12.2 Å². The number of Topliss-reactive ketones (excluding diaryl/α,β-unsaturated/α-hetero) is 1. The molecule has 1 aliphatic heterocycles. The molecule has 0 bridgehead atoms. The number of esters is 1. The van der Waals surface area contributed by atoms with E-state index in [1.807, 2.05) is 6.07 Å². The van der Waals surface area contributed by atoms with Crippen molar-refractivity contribution < 1.29 is 23.9 Å². The van der Waals surface area contributed by atoms with Gasteiger partial charge in [-0.05, 0) is 37.5 Å². The van der Waals surface area contributed by atoms with Gasteiger partial charge in [0.25, 0.3) is 11.8 Å². The minimum atomic E-state index is -0.718. The number of aryl methyl sites for hydroxylation is 1. The first-order valence-corrected chi connectivity index (χ1v) is 9.46. The zero-order valence-electron chi connectivity index (χ0n) is 16.2. The number of rotatable bonds is 7. The lowest BCUT2D eigenvalue weighted by Crippen LogP contribution is -2.31. The molecule has 0 atom stereocenters. The molecular weight excluding hydrogens is 374 g/mol. The molecule has 0 aliphatic carbocycles. The van der Waals surface area contributed by atoms with Gasteiger partial charge in [0.15, 0.2) is 6.61 Å². The fourth-order valence-corrected chi connectivity index (χ4v) is 3.13. The largest absolute Gasteiger partial charge is 0.456 e. The molecule has 1 saturated heterocycles. The van der Waals surface area contributed by atoms with Gasteiger partial charge in [0.05, 0.1) is 0 Å². The van der Waals surface area contributed by atoms with Crippen molar-refractivity contribution in [2.45, 2.75) is 19.8 Å². The van der Waals surface area contributed by atoms with E-state index in [1.54, 1.807) is 30.0 Å². The number of H-pyrrole nitrogens is 1. The smallest absolute Gasteiger partial charge is 0.325 e. The minimum absolute atomic E-state index is 0.141. The second-order valence-corrected chi connectivity index (χ2v) is 6.88. The van der Waals surface area contributed by atoms with Gasteiger partial charge in [-0.1, -0.05) is 18.2 Å². The molecule has 1 aromatic heterocycles. The molecule has 1 aromatic carbocycles. The summed E-state index contributed by atoms with van der Waals surface area (Å²) in [6.45, 7) is 2.42. The topological polar surface area (TPSA) is 109 Å². The second kappa shape index (κ2) is 9.18. The lowest BCUT2D eigenvalue weighted by atomic mass is 10.1. The van der Waals surface area contributed by atoms with Crippen LogP contribution in [0.4, 0.5) is 0 Å². The monoisotopic (exact) mass is 397 g/mol. The highest BCUT2D eigenvalue weighted by atomic mass is 16.5. The summed E-state index contributed by atoms with van der Waals surface area (Å²) in [7, 11) is 0. The number of aromatic amines is 1. The highest BCUT2D eigenvalue weighted by Gasteiger charge is 2.22. The van der Waals surface area contributed by atoms with Gasteiger partial charge >= 0.3 is 5.97 Å². The molecule has 0 unspecified atom stereocenters. The highest BCUT2D eigenvalue weighted by molar-refractivity contribution is 6.01. The summed E-state index contributed by atoms with van der Waals surface area (Å²) in [6.07, 6.45) is 3.39. The Morgan fingerprint density at radius 2 is 1.86 bits per heavy atom. The Hall–Kier alpha value is -3.42. The molecule has 0 radical (unpaired) electrons.